The first-order valence-corrected chi connectivity index (χ1v) is 5.05. The van der Waals surface area contributed by atoms with Crippen molar-refractivity contribution in [2.45, 2.75) is 5.92 Å². The van der Waals surface area contributed by atoms with Crippen molar-refractivity contribution in [3.05, 3.63) is 34.9 Å². The molecule has 0 amide bonds. The van der Waals surface area contributed by atoms with Gasteiger partial charge in [0.1, 0.15) is 0 Å². The SMILES string of the molecule is N#C[C@@H]1CNC[C@@H]1c1ccc(Cl)cc1. The fourth-order valence-electron chi connectivity index (χ4n) is 1.87. The normalized spacial score (nSPS) is 26.0. The monoisotopic (exact) mass is 206 g/mol. The molecule has 0 spiro atoms. The van der Waals surface area contributed by atoms with E-state index in [0.29, 0.717) is 5.92 Å². The minimum atomic E-state index is 0.0937. The zero-order chi connectivity index (χ0) is 9.97. The molecule has 1 N–H and O–H groups in total. The Labute approximate surface area is 88.5 Å². The van der Waals surface area contributed by atoms with Crippen LogP contribution >= 0.6 is 11.6 Å². The minimum Gasteiger partial charge on any atom is -0.315 e. The van der Waals surface area contributed by atoms with Gasteiger partial charge in [-0.2, -0.15) is 5.26 Å². The Morgan fingerprint density at radius 1 is 1.29 bits per heavy atom. The molecule has 1 aliphatic rings. The van der Waals surface area contributed by atoms with Crippen molar-refractivity contribution in [3.63, 3.8) is 0 Å². The van der Waals surface area contributed by atoms with E-state index in [9.17, 15) is 0 Å². The molecule has 1 aromatic rings. The number of benzene rings is 1. The number of hydrogen-bond donors (Lipinski definition) is 1. The largest absolute Gasteiger partial charge is 0.315 e. The van der Waals surface area contributed by atoms with Gasteiger partial charge in [0.25, 0.3) is 0 Å². The molecule has 2 rings (SSSR count). The average Bonchev–Trinajstić information content (AvgIpc) is 2.67. The standard InChI is InChI=1S/C11H11ClN2/c12-10-3-1-8(2-4-10)11-7-14-6-9(11)5-13/h1-4,9,11,14H,6-7H2/t9-,11-/m1/s1. The number of rotatable bonds is 1. The first kappa shape index (κ1) is 9.51. The molecule has 0 radical (unpaired) electrons. The van der Waals surface area contributed by atoms with Crippen LogP contribution < -0.4 is 5.32 Å². The third-order valence-electron chi connectivity index (χ3n) is 2.68. The van der Waals surface area contributed by atoms with Crippen molar-refractivity contribution < 1.29 is 0 Å². The lowest BCUT2D eigenvalue weighted by atomic mass is 9.90. The van der Waals surface area contributed by atoms with E-state index in [1.54, 1.807) is 0 Å². The molecule has 1 aliphatic heterocycles. The van der Waals surface area contributed by atoms with Gasteiger partial charge < -0.3 is 5.32 Å². The summed E-state index contributed by atoms with van der Waals surface area (Å²) in [5, 5.41) is 12.9. The second-order valence-electron chi connectivity index (χ2n) is 3.55. The highest BCUT2D eigenvalue weighted by Gasteiger charge is 2.27. The number of halogens is 1. The lowest BCUT2D eigenvalue weighted by Crippen LogP contribution is -2.08. The average molecular weight is 207 g/mol. The van der Waals surface area contributed by atoms with Gasteiger partial charge in [0, 0.05) is 24.0 Å². The van der Waals surface area contributed by atoms with Crippen molar-refractivity contribution in [1.82, 2.24) is 5.32 Å². The molecule has 3 heteroatoms. The Hall–Kier alpha value is -1.04. The van der Waals surface area contributed by atoms with Crippen LogP contribution in [-0.4, -0.2) is 13.1 Å². The maximum Gasteiger partial charge on any atom is 0.0676 e. The number of nitrogens with zero attached hydrogens (tertiary/aromatic N) is 1. The minimum absolute atomic E-state index is 0.0937. The van der Waals surface area contributed by atoms with Gasteiger partial charge in [0.15, 0.2) is 0 Å². The summed E-state index contributed by atoms with van der Waals surface area (Å²) >= 11 is 5.81. The second kappa shape index (κ2) is 4.00. The summed E-state index contributed by atoms with van der Waals surface area (Å²) in [5.74, 6) is 0.411. The Bertz CT molecular complexity index is 353. The van der Waals surface area contributed by atoms with Gasteiger partial charge in [0.2, 0.25) is 0 Å². The lowest BCUT2D eigenvalue weighted by Gasteiger charge is -2.12. The summed E-state index contributed by atoms with van der Waals surface area (Å²) < 4.78 is 0. The van der Waals surface area contributed by atoms with Crippen LogP contribution in [0, 0.1) is 17.2 Å². The number of hydrogen-bond acceptors (Lipinski definition) is 2. The molecule has 2 nitrogen and oxygen atoms in total. The molecule has 1 saturated heterocycles. The fourth-order valence-corrected chi connectivity index (χ4v) is 2.00. The summed E-state index contributed by atoms with van der Waals surface area (Å²) in [6.07, 6.45) is 0. The highest BCUT2D eigenvalue weighted by Crippen LogP contribution is 2.28. The van der Waals surface area contributed by atoms with E-state index in [-0.39, 0.29) is 5.92 Å². The first-order valence-electron chi connectivity index (χ1n) is 4.67. The highest BCUT2D eigenvalue weighted by atomic mass is 35.5. The van der Waals surface area contributed by atoms with Crippen LogP contribution in [0.4, 0.5) is 0 Å². The van der Waals surface area contributed by atoms with E-state index in [1.165, 1.54) is 5.56 Å². The molecule has 0 aliphatic carbocycles. The summed E-state index contributed by atoms with van der Waals surface area (Å²) in [6.45, 7) is 1.68. The zero-order valence-corrected chi connectivity index (χ0v) is 8.46. The summed E-state index contributed by atoms with van der Waals surface area (Å²) in [4.78, 5) is 0. The van der Waals surface area contributed by atoms with Crippen LogP contribution in [0.1, 0.15) is 11.5 Å². The molecule has 72 valence electrons. The van der Waals surface area contributed by atoms with E-state index in [0.717, 1.165) is 18.1 Å². The quantitative estimate of drug-likeness (QED) is 0.765. The third-order valence-corrected chi connectivity index (χ3v) is 2.93. The van der Waals surface area contributed by atoms with E-state index in [2.05, 4.69) is 11.4 Å². The van der Waals surface area contributed by atoms with Crippen LogP contribution in [0.3, 0.4) is 0 Å². The van der Waals surface area contributed by atoms with Gasteiger partial charge in [0.05, 0.1) is 12.0 Å². The van der Waals surface area contributed by atoms with Crippen LogP contribution in [0.5, 0.6) is 0 Å². The Balaban J connectivity index is 2.23. The molecule has 1 fully saturated rings. The molecule has 0 unspecified atom stereocenters. The van der Waals surface area contributed by atoms with Crippen LogP contribution in [0.15, 0.2) is 24.3 Å². The first-order chi connectivity index (χ1) is 6.81. The van der Waals surface area contributed by atoms with Crippen LogP contribution in [0.2, 0.25) is 5.02 Å². The molecule has 1 heterocycles. The predicted molar refractivity (Wildman–Crippen MR) is 56.2 cm³/mol. The lowest BCUT2D eigenvalue weighted by molar-refractivity contribution is 0.646. The summed E-state index contributed by atoms with van der Waals surface area (Å²) in [6, 6.07) is 10.1. The van der Waals surface area contributed by atoms with Gasteiger partial charge in [-0.3, -0.25) is 0 Å². The number of nitrogens with one attached hydrogen (secondary N) is 1. The molecule has 0 aromatic heterocycles. The van der Waals surface area contributed by atoms with Crippen molar-refractivity contribution in [3.8, 4) is 6.07 Å². The van der Waals surface area contributed by atoms with Crippen molar-refractivity contribution >= 4 is 11.6 Å². The van der Waals surface area contributed by atoms with E-state index in [4.69, 9.17) is 16.9 Å². The van der Waals surface area contributed by atoms with E-state index < -0.39 is 0 Å². The van der Waals surface area contributed by atoms with Gasteiger partial charge >= 0.3 is 0 Å². The molecule has 1 aromatic carbocycles. The second-order valence-corrected chi connectivity index (χ2v) is 3.99. The maximum atomic E-state index is 8.94. The molecular formula is C11H11ClN2. The van der Waals surface area contributed by atoms with Crippen molar-refractivity contribution in [1.29, 1.82) is 5.26 Å². The smallest absolute Gasteiger partial charge is 0.0676 e. The van der Waals surface area contributed by atoms with Crippen molar-refractivity contribution in [2.24, 2.45) is 5.92 Å². The van der Waals surface area contributed by atoms with E-state index >= 15 is 0 Å². The van der Waals surface area contributed by atoms with Gasteiger partial charge in [-0.25, -0.2) is 0 Å². The van der Waals surface area contributed by atoms with E-state index in [1.807, 2.05) is 24.3 Å². The molecule has 14 heavy (non-hydrogen) atoms. The Kier molecular flexibility index (Phi) is 2.72. The summed E-state index contributed by atoms with van der Waals surface area (Å²) in [5.41, 5.74) is 1.20. The molecular weight excluding hydrogens is 196 g/mol. The van der Waals surface area contributed by atoms with Gasteiger partial charge in [-0.15, -0.1) is 0 Å². The Morgan fingerprint density at radius 2 is 2.00 bits per heavy atom. The molecule has 2 atom stereocenters. The van der Waals surface area contributed by atoms with Gasteiger partial charge in [-0.1, -0.05) is 23.7 Å². The van der Waals surface area contributed by atoms with Crippen molar-refractivity contribution in [2.75, 3.05) is 13.1 Å². The topological polar surface area (TPSA) is 35.8 Å². The predicted octanol–water partition coefficient (Wildman–Crippen LogP) is 2.17. The molecule has 0 bridgehead atoms. The fraction of sp³-hybridized carbons (Fsp3) is 0.364. The third kappa shape index (κ3) is 1.75. The Morgan fingerprint density at radius 3 is 2.64 bits per heavy atom. The van der Waals surface area contributed by atoms with Crippen LogP contribution in [0.25, 0.3) is 0 Å². The van der Waals surface area contributed by atoms with Crippen LogP contribution in [-0.2, 0) is 0 Å². The maximum absolute atomic E-state index is 8.94. The number of nitriles is 1. The van der Waals surface area contributed by atoms with Gasteiger partial charge in [-0.05, 0) is 17.7 Å². The zero-order valence-electron chi connectivity index (χ0n) is 7.70. The molecule has 0 saturated carbocycles. The highest BCUT2D eigenvalue weighted by molar-refractivity contribution is 6.30. The summed E-state index contributed by atoms with van der Waals surface area (Å²) in [7, 11) is 0.